The van der Waals surface area contributed by atoms with E-state index in [-0.39, 0.29) is 36.2 Å². The average Bonchev–Trinajstić information content (AvgIpc) is 3.38. The molecule has 2 amide bonds. The number of ketones is 1. The van der Waals surface area contributed by atoms with Gasteiger partial charge < -0.3 is 24.4 Å². The summed E-state index contributed by atoms with van der Waals surface area (Å²) < 4.78 is 18.3. The molecule has 5 rings (SSSR count). The Morgan fingerprint density at radius 1 is 1.04 bits per heavy atom. The van der Waals surface area contributed by atoms with Crippen LogP contribution in [-0.4, -0.2) is 65.6 Å². The van der Waals surface area contributed by atoms with Gasteiger partial charge in [0.1, 0.15) is 24.0 Å². The Kier molecular flexibility index (Phi) is 10.5. The molecule has 2 aliphatic heterocycles. The molecule has 3 heterocycles. The lowest BCUT2D eigenvalue weighted by Gasteiger charge is -2.38. The number of carbonyl (C=O) groups excluding carboxylic acids is 3. The largest absolute Gasteiger partial charge is 0.497 e. The Balaban J connectivity index is 1.55. The molecule has 2 bridgehead atoms. The predicted molar refractivity (Wildman–Crippen MR) is 178 cm³/mol. The SMILES string of the molecule is CC[C@@H]1[C@@H]2CN(C(=O)[C@H](C(C)(C)C)NC(=O)O[C@@H]3CCC[C@H](C)[C@H]3CCCCCc3cc4ccc(OC)cc4nc3O2)[C@@H]1C(C)=O. The van der Waals surface area contributed by atoms with Crippen LogP contribution < -0.4 is 14.8 Å². The highest BCUT2D eigenvalue weighted by molar-refractivity contribution is 5.92. The molecule has 1 saturated carbocycles. The van der Waals surface area contributed by atoms with Crippen LogP contribution in [0.15, 0.2) is 24.3 Å². The zero-order valence-electron chi connectivity index (χ0n) is 28.8. The Labute approximate surface area is 274 Å². The first-order chi connectivity index (χ1) is 21.9. The van der Waals surface area contributed by atoms with Gasteiger partial charge in [0.2, 0.25) is 11.8 Å². The minimum atomic E-state index is -0.877. The number of carbonyl (C=O) groups is 3. The maximum atomic E-state index is 14.4. The van der Waals surface area contributed by atoms with E-state index in [1.54, 1.807) is 12.0 Å². The van der Waals surface area contributed by atoms with Crippen molar-refractivity contribution in [2.45, 2.75) is 124 Å². The molecule has 2 fully saturated rings. The zero-order chi connectivity index (χ0) is 33.2. The van der Waals surface area contributed by atoms with Gasteiger partial charge in [-0.3, -0.25) is 9.59 Å². The number of ether oxygens (including phenoxy) is 3. The summed E-state index contributed by atoms with van der Waals surface area (Å²) >= 11 is 0. The highest BCUT2D eigenvalue weighted by atomic mass is 16.6. The fourth-order valence-corrected chi connectivity index (χ4v) is 7.99. The van der Waals surface area contributed by atoms with Crippen LogP contribution in [0.5, 0.6) is 11.6 Å². The van der Waals surface area contributed by atoms with Crippen molar-refractivity contribution in [3.05, 3.63) is 29.8 Å². The number of aromatic nitrogens is 1. The van der Waals surface area contributed by atoms with Crippen LogP contribution in [0, 0.1) is 23.2 Å². The summed E-state index contributed by atoms with van der Waals surface area (Å²) in [5.41, 5.74) is 1.18. The number of nitrogens with zero attached hydrogens (tertiary/aromatic N) is 2. The number of pyridine rings is 1. The van der Waals surface area contributed by atoms with Gasteiger partial charge in [0.15, 0.2) is 5.78 Å². The maximum absolute atomic E-state index is 14.4. The van der Waals surface area contributed by atoms with Crippen molar-refractivity contribution in [1.82, 2.24) is 15.2 Å². The van der Waals surface area contributed by atoms with Gasteiger partial charge in [-0.2, -0.15) is 0 Å². The molecule has 1 aromatic heterocycles. The molecule has 9 heteroatoms. The monoisotopic (exact) mass is 635 g/mol. The summed E-state index contributed by atoms with van der Waals surface area (Å²) in [7, 11) is 1.64. The van der Waals surface area contributed by atoms with E-state index < -0.39 is 29.7 Å². The first-order valence-electron chi connectivity index (χ1n) is 17.3. The molecular formula is C37H53N3O6. The Bertz CT molecular complexity index is 1420. The summed E-state index contributed by atoms with van der Waals surface area (Å²) in [4.78, 5) is 47.7. The van der Waals surface area contributed by atoms with Crippen LogP contribution in [0.1, 0.15) is 98.5 Å². The van der Waals surface area contributed by atoms with Crippen molar-refractivity contribution in [2.75, 3.05) is 13.7 Å². The number of methoxy groups -OCH3 is 1. The normalized spacial score (nSPS) is 29.8. The second kappa shape index (κ2) is 14.2. The van der Waals surface area contributed by atoms with E-state index in [4.69, 9.17) is 19.2 Å². The number of rotatable bonds is 3. The van der Waals surface area contributed by atoms with Gasteiger partial charge in [0.25, 0.3) is 0 Å². The second-order valence-corrected chi connectivity index (χ2v) is 14.8. The lowest BCUT2D eigenvalue weighted by atomic mass is 9.75. The summed E-state index contributed by atoms with van der Waals surface area (Å²) in [6, 6.07) is 6.49. The number of aryl methyl sites for hydroxylation is 1. The third-order valence-electron chi connectivity index (χ3n) is 10.6. The van der Waals surface area contributed by atoms with E-state index in [1.807, 2.05) is 45.9 Å². The molecule has 3 aliphatic rings. The van der Waals surface area contributed by atoms with Crippen LogP contribution in [0.2, 0.25) is 0 Å². The van der Waals surface area contributed by atoms with Gasteiger partial charge in [0, 0.05) is 22.9 Å². The number of hydrogen-bond acceptors (Lipinski definition) is 7. The fourth-order valence-electron chi connectivity index (χ4n) is 7.99. The number of hydrogen-bond donors (Lipinski definition) is 1. The zero-order valence-corrected chi connectivity index (χ0v) is 28.8. The smallest absolute Gasteiger partial charge is 0.408 e. The van der Waals surface area contributed by atoms with E-state index in [1.165, 1.54) is 6.92 Å². The van der Waals surface area contributed by atoms with Gasteiger partial charge in [-0.05, 0) is 80.9 Å². The molecule has 0 unspecified atom stereocenters. The van der Waals surface area contributed by atoms with E-state index >= 15 is 0 Å². The van der Waals surface area contributed by atoms with Crippen LogP contribution in [0.4, 0.5) is 4.79 Å². The van der Waals surface area contributed by atoms with E-state index in [0.29, 0.717) is 18.2 Å². The van der Waals surface area contributed by atoms with Gasteiger partial charge in [-0.15, -0.1) is 0 Å². The minimum Gasteiger partial charge on any atom is -0.497 e. The van der Waals surface area contributed by atoms with Gasteiger partial charge in [-0.1, -0.05) is 53.9 Å². The molecule has 252 valence electrons. The molecule has 46 heavy (non-hydrogen) atoms. The highest BCUT2D eigenvalue weighted by Crippen LogP contribution is 2.38. The molecule has 1 aromatic carbocycles. The van der Waals surface area contributed by atoms with Crippen LogP contribution >= 0.6 is 0 Å². The van der Waals surface area contributed by atoms with Crippen molar-refractivity contribution < 1.29 is 28.6 Å². The lowest BCUT2D eigenvalue weighted by Crippen LogP contribution is -2.57. The molecular weight excluding hydrogens is 582 g/mol. The molecule has 1 aliphatic carbocycles. The summed E-state index contributed by atoms with van der Waals surface area (Å²) in [6.45, 7) is 11.8. The number of alkyl carbamates (subject to hydrolysis) is 1. The predicted octanol–water partition coefficient (Wildman–Crippen LogP) is 6.88. The van der Waals surface area contributed by atoms with E-state index in [9.17, 15) is 14.4 Å². The average molecular weight is 636 g/mol. The Morgan fingerprint density at radius 2 is 1.83 bits per heavy atom. The van der Waals surface area contributed by atoms with Crippen molar-refractivity contribution >= 4 is 28.7 Å². The van der Waals surface area contributed by atoms with E-state index in [2.05, 4.69) is 18.3 Å². The third kappa shape index (κ3) is 7.28. The number of fused-ring (bicyclic) bond motifs is 5. The topological polar surface area (TPSA) is 107 Å². The first-order valence-corrected chi connectivity index (χ1v) is 17.3. The number of Topliss-reactive ketones (excluding diaryl/α,β-unsaturated/α-hetero) is 1. The van der Waals surface area contributed by atoms with Crippen LogP contribution in [0.25, 0.3) is 10.9 Å². The van der Waals surface area contributed by atoms with Crippen molar-refractivity contribution in [3.8, 4) is 11.6 Å². The lowest BCUT2D eigenvalue weighted by molar-refractivity contribution is -0.141. The molecule has 1 N–H and O–H groups in total. The molecule has 9 nitrogen and oxygen atoms in total. The highest BCUT2D eigenvalue weighted by Gasteiger charge is 2.50. The molecule has 7 atom stereocenters. The molecule has 0 radical (unpaired) electrons. The van der Waals surface area contributed by atoms with E-state index in [0.717, 1.165) is 73.6 Å². The number of amides is 2. The Morgan fingerprint density at radius 3 is 2.52 bits per heavy atom. The number of nitrogens with one attached hydrogen (secondary N) is 1. The van der Waals surface area contributed by atoms with Gasteiger partial charge in [-0.25, -0.2) is 9.78 Å². The minimum absolute atomic E-state index is 0.0945. The van der Waals surface area contributed by atoms with Crippen molar-refractivity contribution in [3.63, 3.8) is 0 Å². The quantitative estimate of drug-likeness (QED) is 0.392. The first kappa shape index (κ1) is 34.0. The van der Waals surface area contributed by atoms with Gasteiger partial charge >= 0.3 is 6.09 Å². The fraction of sp³-hybridized carbons (Fsp3) is 0.676. The Hall–Kier alpha value is -3.36. The molecule has 1 saturated heterocycles. The molecule has 0 spiro atoms. The summed E-state index contributed by atoms with van der Waals surface area (Å²) in [6.07, 6.45) is 7.33. The van der Waals surface area contributed by atoms with Crippen molar-refractivity contribution in [1.29, 1.82) is 0 Å². The third-order valence-corrected chi connectivity index (χ3v) is 10.6. The standard InChI is InChI=1S/C37H53N3O6/c1-8-27-31-21-40(32(27)23(3)41)35(42)33(37(4,5)6)39-36(43)46-30-16-12-13-22(2)28(30)15-11-9-10-14-25-19-24-17-18-26(44-7)20-29(24)38-34(25)45-31/h17-20,22,27-28,30-33H,8-16,21H2,1-7H3,(H,39,43)/t22-,27+,28+,30+,31-,32+,33+/m0/s1. The summed E-state index contributed by atoms with van der Waals surface area (Å²) in [5, 5.41) is 3.97. The molecule has 2 aromatic rings. The second-order valence-electron chi connectivity index (χ2n) is 14.8. The number of benzene rings is 1. The summed E-state index contributed by atoms with van der Waals surface area (Å²) in [5.74, 6) is 1.40. The van der Waals surface area contributed by atoms with Crippen LogP contribution in [0.3, 0.4) is 0 Å². The van der Waals surface area contributed by atoms with Crippen molar-refractivity contribution in [2.24, 2.45) is 23.2 Å². The van der Waals surface area contributed by atoms with Crippen LogP contribution in [-0.2, 0) is 20.7 Å². The maximum Gasteiger partial charge on any atom is 0.408 e. The van der Waals surface area contributed by atoms with Gasteiger partial charge in [0.05, 0.1) is 25.2 Å².